The van der Waals surface area contributed by atoms with E-state index in [0.717, 1.165) is 0 Å². The van der Waals surface area contributed by atoms with Crippen molar-refractivity contribution in [3.8, 4) is 5.75 Å². The Hall–Kier alpha value is -3.79. The number of ether oxygens (including phenoxy) is 1. The van der Waals surface area contributed by atoms with Crippen molar-refractivity contribution in [1.82, 2.24) is 20.2 Å². The summed E-state index contributed by atoms with van der Waals surface area (Å²) in [7, 11) is 3.64. The van der Waals surface area contributed by atoms with Crippen LogP contribution >= 0.6 is 0 Å². The predicted octanol–water partition coefficient (Wildman–Crippen LogP) is 3.16. The maximum absolute atomic E-state index is 15.0. The number of halogens is 2. The molecule has 1 amide bonds. The molecule has 4 rings (SSSR count). The van der Waals surface area contributed by atoms with Gasteiger partial charge in [-0.05, 0) is 43.4 Å². The molecular formula is C25H28F2N6O2. The third kappa shape index (κ3) is 5.65. The first-order valence-corrected chi connectivity index (χ1v) is 11.3. The SMILES string of the molecule is CNCC[C@H](Oc1cnc(CN2CCN(C)c3nc(N)ccc3C2=O)c(F)c1)c1cccc(F)c1. The smallest absolute Gasteiger partial charge is 0.258 e. The van der Waals surface area contributed by atoms with Crippen molar-refractivity contribution in [3.05, 3.63) is 77.1 Å². The summed E-state index contributed by atoms with van der Waals surface area (Å²) in [5.41, 5.74) is 6.96. The molecule has 1 atom stereocenters. The molecule has 0 saturated carbocycles. The van der Waals surface area contributed by atoms with Crippen molar-refractivity contribution in [2.24, 2.45) is 0 Å². The number of nitrogen functional groups attached to an aromatic ring is 1. The van der Waals surface area contributed by atoms with Crippen LogP contribution in [0.3, 0.4) is 0 Å². The zero-order valence-corrected chi connectivity index (χ0v) is 19.7. The number of fused-ring (bicyclic) bond motifs is 1. The van der Waals surface area contributed by atoms with Crippen LogP contribution in [0.1, 0.15) is 34.1 Å². The van der Waals surface area contributed by atoms with E-state index in [-0.39, 0.29) is 29.7 Å². The van der Waals surface area contributed by atoms with Crippen LogP contribution in [0.4, 0.5) is 20.4 Å². The van der Waals surface area contributed by atoms with Gasteiger partial charge in [-0.1, -0.05) is 12.1 Å². The Kier molecular flexibility index (Phi) is 7.40. The number of hydrogen-bond acceptors (Lipinski definition) is 7. The summed E-state index contributed by atoms with van der Waals surface area (Å²) in [5.74, 6) is -0.172. The summed E-state index contributed by atoms with van der Waals surface area (Å²) in [6, 6.07) is 10.6. The summed E-state index contributed by atoms with van der Waals surface area (Å²) in [6.45, 7) is 1.51. The lowest BCUT2D eigenvalue weighted by molar-refractivity contribution is 0.0751. The zero-order chi connectivity index (χ0) is 24.9. The molecule has 3 heterocycles. The van der Waals surface area contributed by atoms with Crippen molar-refractivity contribution in [1.29, 1.82) is 0 Å². The molecule has 3 N–H and O–H groups in total. The highest BCUT2D eigenvalue weighted by molar-refractivity contribution is 5.99. The second-order valence-corrected chi connectivity index (χ2v) is 8.41. The van der Waals surface area contributed by atoms with Gasteiger partial charge in [0, 0.05) is 32.6 Å². The summed E-state index contributed by atoms with van der Waals surface area (Å²) in [6.07, 6.45) is 1.50. The molecule has 0 radical (unpaired) electrons. The van der Waals surface area contributed by atoms with Crippen molar-refractivity contribution >= 4 is 17.5 Å². The number of aromatic nitrogens is 2. The van der Waals surface area contributed by atoms with E-state index < -0.39 is 11.9 Å². The van der Waals surface area contributed by atoms with E-state index in [9.17, 15) is 9.18 Å². The van der Waals surface area contributed by atoms with Gasteiger partial charge in [0.1, 0.15) is 35.1 Å². The van der Waals surface area contributed by atoms with Crippen LogP contribution in [0, 0.1) is 11.6 Å². The van der Waals surface area contributed by atoms with E-state index in [4.69, 9.17) is 10.5 Å². The lowest BCUT2D eigenvalue weighted by Gasteiger charge is -2.22. The monoisotopic (exact) mass is 482 g/mol. The Morgan fingerprint density at radius 3 is 2.77 bits per heavy atom. The van der Waals surface area contributed by atoms with Crippen LogP contribution in [0.15, 0.2) is 48.7 Å². The minimum absolute atomic E-state index is 0.00428. The first kappa shape index (κ1) is 24.3. The van der Waals surface area contributed by atoms with E-state index in [1.807, 2.05) is 19.0 Å². The summed E-state index contributed by atoms with van der Waals surface area (Å²) in [5, 5.41) is 3.04. The lowest BCUT2D eigenvalue weighted by atomic mass is 10.1. The molecular weight excluding hydrogens is 454 g/mol. The van der Waals surface area contributed by atoms with Gasteiger partial charge in [0.15, 0.2) is 0 Å². The molecule has 184 valence electrons. The van der Waals surface area contributed by atoms with Gasteiger partial charge >= 0.3 is 0 Å². The minimum Gasteiger partial charge on any atom is -0.484 e. The van der Waals surface area contributed by atoms with Crippen LogP contribution in [0.5, 0.6) is 5.75 Å². The first-order valence-electron chi connectivity index (χ1n) is 11.3. The topological polar surface area (TPSA) is 96.6 Å². The number of hydrogen-bond donors (Lipinski definition) is 2. The van der Waals surface area contributed by atoms with E-state index in [2.05, 4.69) is 15.3 Å². The number of pyridine rings is 2. The van der Waals surface area contributed by atoms with Crippen LogP contribution < -0.4 is 20.7 Å². The number of carbonyl (C=O) groups excluding carboxylic acids is 1. The van der Waals surface area contributed by atoms with Gasteiger partial charge in [-0.2, -0.15) is 0 Å². The Morgan fingerprint density at radius 2 is 2.03 bits per heavy atom. The fourth-order valence-electron chi connectivity index (χ4n) is 3.97. The average molecular weight is 483 g/mol. The van der Waals surface area contributed by atoms with Gasteiger partial charge < -0.3 is 25.6 Å². The average Bonchev–Trinajstić information content (AvgIpc) is 2.95. The predicted molar refractivity (Wildman–Crippen MR) is 129 cm³/mol. The Labute approximate surface area is 202 Å². The maximum atomic E-state index is 15.0. The summed E-state index contributed by atoms with van der Waals surface area (Å²) < 4.78 is 34.8. The Balaban J connectivity index is 1.51. The van der Waals surface area contributed by atoms with Crippen LogP contribution in [0.2, 0.25) is 0 Å². The lowest BCUT2D eigenvalue weighted by Crippen LogP contribution is -2.33. The number of nitrogens with zero attached hydrogens (tertiary/aromatic N) is 4. The molecule has 0 spiro atoms. The number of nitrogens with two attached hydrogens (primary N) is 1. The third-order valence-electron chi connectivity index (χ3n) is 5.87. The fourth-order valence-corrected chi connectivity index (χ4v) is 3.97. The van der Waals surface area contributed by atoms with E-state index in [1.165, 1.54) is 29.3 Å². The molecule has 0 unspecified atom stereocenters. The highest BCUT2D eigenvalue weighted by atomic mass is 19.1. The molecule has 1 aliphatic rings. The molecule has 0 bridgehead atoms. The van der Waals surface area contributed by atoms with E-state index >= 15 is 4.39 Å². The van der Waals surface area contributed by atoms with Gasteiger partial charge in [-0.3, -0.25) is 9.78 Å². The van der Waals surface area contributed by atoms with Gasteiger partial charge in [0.2, 0.25) is 0 Å². The number of anilines is 2. The Bertz CT molecular complexity index is 1210. The quantitative estimate of drug-likeness (QED) is 0.509. The van der Waals surface area contributed by atoms with E-state index in [0.29, 0.717) is 48.8 Å². The van der Waals surface area contributed by atoms with E-state index in [1.54, 1.807) is 24.3 Å². The molecule has 0 fully saturated rings. The molecule has 1 aromatic carbocycles. The number of likely N-dealkylation sites (N-methyl/N-ethyl adjacent to an activating group) is 1. The number of amides is 1. The second kappa shape index (κ2) is 10.6. The minimum atomic E-state index is -0.588. The molecule has 0 aliphatic carbocycles. The van der Waals surface area contributed by atoms with Crippen molar-refractivity contribution in [3.63, 3.8) is 0 Å². The number of rotatable bonds is 8. The van der Waals surface area contributed by atoms with Crippen LogP contribution in [0.25, 0.3) is 0 Å². The third-order valence-corrected chi connectivity index (χ3v) is 5.87. The van der Waals surface area contributed by atoms with Crippen molar-refractivity contribution in [2.75, 3.05) is 44.4 Å². The second-order valence-electron chi connectivity index (χ2n) is 8.41. The molecule has 35 heavy (non-hydrogen) atoms. The molecule has 10 heteroatoms. The maximum Gasteiger partial charge on any atom is 0.258 e. The molecule has 2 aromatic heterocycles. The fraction of sp³-hybridized carbons (Fsp3) is 0.320. The largest absolute Gasteiger partial charge is 0.484 e. The number of benzene rings is 1. The number of nitrogens with one attached hydrogen (secondary N) is 1. The summed E-state index contributed by atoms with van der Waals surface area (Å²) in [4.78, 5) is 25.0. The van der Waals surface area contributed by atoms with Crippen molar-refractivity contribution in [2.45, 2.75) is 19.1 Å². The van der Waals surface area contributed by atoms with Gasteiger partial charge in [0.05, 0.1) is 24.0 Å². The molecule has 3 aromatic rings. The summed E-state index contributed by atoms with van der Waals surface area (Å²) >= 11 is 0. The molecule has 8 nitrogen and oxygen atoms in total. The zero-order valence-electron chi connectivity index (χ0n) is 19.7. The van der Waals surface area contributed by atoms with Crippen LogP contribution in [-0.4, -0.2) is 54.5 Å². The highest BCUT2D eigenvalue weighted by Crippen LogP contribution is 2.27. The van der Waals surface area contributed by atoms with Gasteiger partial charge in [-0.25, -0.2) is 13.8 Å². The Morgan fingerprint density at radius 1 is 1.20 bits per heavy atom. The van der Waals surface area contributed by atoms with Crippen LogP contribution in [-0.2, 0) is 6.54 Å². The standard InChI is InChI=1S/C25H28F2N6O2/c1-29-9-8-22(16-4-3-5-17(26)12-16)35-18-13-20(27)21(30-14-18)15-33-11-10-32(2)24-19(25(33)34)6-7-23(28)31-24/h3-7,12-14,22,29H,8-11,15H2,1-2H3,(H2,28,31)/t22-/m0/s1. The first-order chi connectivity index (χ1) is 16.9. The van der Waals surface area contributed by atoms with Gasteiger partial charge in [-0.15, -0.1) is 0 Å². The number of carbonyl (C=O) groups is 1. The normalized spacial score (nSPS) is 14.5. The van der Waals surface area contributed by atoms with Crippen molar-refractivity contribution < 1.29 is 18.3 Å². The highest BCUT2D eigenvalue weighted by Gasteiger charge is 2.27. The molecule has 1 aliphatic heterocycles. The van der Waals surface area contributed by atoms with Gasteiger partial charge in [0.25, 0.3) is 5.91 Å². The molecule has 0 saturated heterocycles.